The van der Waals surface area contributed by atoms with E-state index < -0.39 is 12.0 Å². The number of hydrogen-bond acceptors (Lipinski definition) is 3. The number of rotatable bonds is 6. The maximum Gasteiger partial charge on any atom is 0.242 e. The summed E-state index contributed by atoms with van der Waals surface area (Å²) in [6.07, 6.45) is 0.730. The number of benzene rings is 1. The predicted molar refractivity (Wildman–Crippen MR) is 102 cm³/mol. The summed E-state index contributed by atoms with van der Waals surface area (Å²) in [5.74, 6) is -0.668. The molecule has 0 bridgehead atoms. The van der Waals surface area contributed by atoms with Crippen LogP contribution in [0, 0.1) is 25.7 Å². The third-order valence-electron chi connectivity index (χ3n) is 4.95. The minimum Gasteiger partial charge on any atom is -0.357 e. The molecule has 2 unspecified atom stereocenters. The third kappa shape index (κ3) is 4.42. The molecule has 1 aromatic rings. The Morgan fingerprint density at radius 1 is 1.27 bits per heavy atom. The van der Waals surface area contributed by atoms with E-state index in [9.17, 15) is 14.4 Å². The van der Waals surface area contributed by atoms with Gasteiger partial charge in [-0.05, 0) is 43.4 Å². The van der Waals surface area contributed by atoms with E-state index in [1.807, 2.05) is 45.9 Å². The molecule has 142 valence electrons. The van der Waals surface area contributed by atoms with Crippen LogP contribution in [0.4, 0.5) is 5.69 Å². The van der Waals surface area contributed by atoms with Crippen molar-refractivity contribution in [3.8, 4) is 0 Å². The van der Waals surface area contributed by atoms with Gasteiger partial charge < -0.3 is 15.5 Å². The van der Waals surface area contributed by atoms with Gasteiger partial charge in [0, 0.05) is 25.7 Å². The first-order valence-electron chi connectivity index (χ1n) is 9.13. The Morgan fingerprint density at radius 2 is 1.96 bits per heavy atom. The van der Waals surface area contributed by atoms with Gasteiger partial charge in [0.2, 0.25) is 17.7 Å². The second-order valence-corrected chi connectivity index (χ2v) is 7.43. The maximum atomic E-state index is 12.7. The lowest BCUT2D eigenvalue weighted by Crippen LogP contribution is -2.48. The molecule has 0 saturated carbocycles. The molecular weight excluding hydrogens is 330 g/mol. The zero-order valence-corrected chi connectivity index (χ0v) is 16.3. The predicted octanol–water partition coefficient (Wildman–Crippen LogP) is 1.93. The maximum absolute atomic E-state index is 12.7. The van der Waals surface area contributed by atoms with Gasteiger partial charge in [-0.2, -0.15) is 0 Å². The van der Waals surface area contributed by atoms with Gasteiger partial charge in [0.1, 0.15) is 6.04 Å². The van der Waals surface area contributed by atoms with Crippen LogP contribution in [-0.4, -0.2) is 37.4 Å². The molecule has 1 heterocycles. The highest BCUT2D eigenvalue weighted by molar-refractivity contribution is 6.01. The highest BCUT2D eigenvalue weighted by Gasteiger charge is 2.37. The Labute approximate surface area is 155 Å². The molecule has 1 aromatic carbocycles. The summed E-state index contributed by atoms with van der Waals surface area (Å²) in [5.41, 5.74) is 3.01. The Kier molecular flexibility index (Phi) is 6.40. The monoisotopic (exact) mass is 359 g/mol. The summed E-state index contributed by atoms with van der Waals surface area (Å²) in [5, 5.41) is 5.42. The first kappa shape index (κ1) is 19.9. The SMILES string of the molecule is CNC(=O)C(CC(C)C)NC(=O)C1CC(=O)N(c2cccc(C)c2C)C1. The lowest BCUT2D eigenvalue weighted by atomic mass is 10.0. The molecule has 1 fully saturated rings. The van der Waals surface area contributed by atoms with E-state index in [0.717, 1.165) is 16.8 Å². The van der Waals surface area contributed by atoms with Crippen molar-refractivity contribution in [1.82, 2.24) is 10.6 Å². The minimum absolute atomic E-state index is 0.0563. The second kappa shape index (κ2) is 8.34. The van der Waals surface area contributed by atoms with Crippen molar-refractivity contribution in [3.63, 3.8) is 0 Å². The lowest BCUT2D eigenvalue weighted by molar-refractivity contribution is -0.131. The zero-order chi connectivity index (χ0) is 19.4. The van der Waals surface area contributed by atoms with E-state index >= 15 is 0 Å². The average Bonchev–Trinajstić information content (AvgIpc) is 2.97. The van der Waals surface area contributed by atoms with Gasteiger partial charge in [0.25, 0.3) is 0 Å². The standard InChI is InChI=1S/C20H29N3O3/c1-12(2)9-16(20(26)21-5)22-19(25)15-10-18(24)23(11-15)17-8-6-7-13(3)14(17)4/h6-8,12,15-16H,9-11H2,1-5H3,(H,21,26)(H,22,25). The smallest absolute Gasteiger partial charge is 0.242 e. The number of anilines is 1. The second-order valence-electron chi connectivity index (χ2n) is 7.43. The summed E-state index contributed by atoms with van der Waals surface area (Å²) >= 11 is 0. The first-order chi connectivity index (χ1) is 12.2. The van der Waals surface area contributed by atoms with E-state index in [1.54, 1.807) is 11.9 Å². The van der Waals surface area contributed by atoms with Gasteiger partial charge in [0.05, 0.1) is 5.92 Å². The fourth-order valence-corrected chi connectivity index (χ4v) is 3.31. The average molecular weight is 359 g/mol. The molecule has 0 aromatic heterocycles. The van der Waals surface area contributed by atoms with Gasteiger partial charge in [-0.15, -0.1) is 0 Å². The molecule has 1 aliphatic rings. The van der Waals surface area contributed by atoms with Crippen LogP contribution in [0.2, 0.25) is 0 Å². The Bertz CT molecular complexity index is 700. The van der Waals surface area contributed by atoms with Crippen LogP contribution in [0.3, 0.4) is 0 Å². The van der Waals surface area contributed by atoms with Crippen molar-refractivity contribution in [2.75, 3.05) is 18.5 Å². The van der Waals surface area contributed by atoms with E-state index in [4.69, 9.17) is 0 Å². The normalized spacial score (nSPS) is 18.2. The third-order valence-corrected chi connectivity index (χ3v) is 4.95. The van der Waals surface area contributed by atoms with Crippen molar-refractivity contribution in [2.45, 2.75) is 46.6 Å². The van der Waals surface area contributed by atoms with Crippen LogP contribution in [-0.2, 0) is 14.4 Å². The lowest BCUT2D eigenvalue weighted by Gasteiger charge is -2.22. The molecule has 6 nitrogen and oxygen atoms in total. The number of nitrogens with one attached hydrogen (secondary N) is 2. The van der Waals surface area contributed by atoms with Crippen LogP contribution >= 0.6 is 0 Å². The van der Waals surface area contributed by atoms with Crippen molar-refractivity contribution in [1.29, 1.82) is 0 Å². The van der Waals surface area contributed by atoms with E-state index in [-0.39, 0.29) is 30.1 Å². The van der Waals surface area contributed by atoms with Crippen LogP contribution in [0.1, 0.15) is 37.8 Å². The highest BCUT2D eigenvalue weighted by Crippen LogP contribution is 2.29. The molecule has 1 aliphatic heterocycles. The summed E-state index contributed by atoms with van der Waals surface area (Å²) in [6, 6.07) is 5.26. The molecule has 0 spiro atoms. The van der Waals surface area contributed by atoms with Gasteiger partial charge in [0.15, 0.2) is 0 Å². The first-order valence-corrected chi connectivity index (χ1v) is 9.13. The molecule has 2 atom stereocenters. The number of carbonyl (C=O) groups is 3. The molecular formula is C20H29N3O3. The Balaban J connectivity index is 2.10. The quantitative estimate of drug-likeness (QED) is 0.815. The van der Waals surface area contributed by atoms with Gasteiger partial charge in [-0.1, -0.05) is 26.0 Å². The number of amides is 3. The topological polar surface area (TPSA) is 78.5 Å². The largest absolute Gasteiger partial charge is 0.357 e. The number of carbonyl (C=O) groups excluding carboxylic acids is 3. The number of hydrogen-bond donors (Lipinski definition) is 2. The van der Waals surface area contributed by atoms with Crippen molar-refractivity contribution in [3.05, 3.63) is 29.3 Å². The number of likely N-dealkylation sites (N-methyl/N-ethyl adjacent to an activating group) is 1. The van der Waals surface area contributed by atoms with Crippen LogP contribution in [0.15, 0.2) is 18.2 Å². The van der Waals surface area contributed by atoms with Gasteiger partial charge in [-0.3, -0.25) is 14.4 Å². The molecule has 6 heteroatoms. The summed E-state index contributed by atoms with van der Waals surface area (Å²) in [4.78, 5) is 38.8. The summed E-state index contributed by atoms with van der Waals surface area (Å²) in [6.45, 7) is 8.34. The van der Waals surface area contributed by atoms with E-state index in [1.165, 1.54) is 0 Å². The fourth-order valence-electron chi connectivity index (χ4n) is 3.31. The van der Waals surface area contributed by atoms with Crippen molar-refractivity contribution in [2.24, 2.45) is 11.8 Å². The molecule has 1 saturated heterocycles. The summed E-state index contributed by atoms with van der Waals surface area (Å²) in [7, 11) is 1.56. The number of nitrogens with zero attached hydrogens (tertiary/aromatic N) is 1. The highest BCUT2D eigenvalue weighted by atomic mass is 16.2. The number of aryl methyl sites for hydroxylation is 1. The van der Waals surface area contributed by atoms with Crippen LogP contribution in [0.25, 0.3) is 0 Å². The van der Waals surface area contributed by atoms with Crippen molar-refractivity contribution >= 4 is 23.4 Å². The Morgan fingerprint density at radius 3 is 2.58 bits per heavy atom. The Hall–Kier alpha value is -2.37. The zero-order valence-electron chi connectivity index (χ0n) is 16.3. The molecule has 2 N–H and O–H groups in total. The van der Waals surface area contributed by atoms with E-state index in [0.29, 0.717) is 13.0 Å². The van der Waals surface area contributed by atoms with Crippen molar-refractivity contribution < 1.29 is 14.4 Å². The fraction of sp³-hybridized carbons (Fsp3) is 0.550. The molecule has 0 aliphatic carbocycles. The van der Waals surface area contributed by atoms with E-state index in [2.05, 4.69) is 10.6 Å². The van der Waals surface area contributed by atoms with Crippen LogP contribution < -0.4 is 15.5 Å². The molecule has 0 radical (unpaired) electrons. The molecule has 2 rings (SSSR count). The molecule has 26 heavy (non-hydrogen) atoms. The van der Waals surface area contributed by atoms with Gasteiger partial charge >= 0.3 is 0 Å². The molecule has 3 amide bonds. The summed E-state index contributed by atoms with van der Waals surface area (Å²) < 4.78 is 0. The minimum atomic E-state index is -0.572. The van der Waals surface area contributed by atoms with Gasteiger partial charge in [-0.25, -0.2) is 0 Å². The van der Waals surface area contributed by atoms with Crippen LogP contribution in [0.5, 0.6) is 0 Å².